The number of carboxylic acid groups (broad SMARTS) is 1. The molecule has 2 N–H and O–H groups in total. The first-order valence-electron chi connectivity index (χ1n) is 6.40. The number of rotatable bonds is 4. The van der Waals surface area contributed by atoms with E-state index in [1.807, 2.05) is 0 Å². The van der Waals surface area contributed by atoms with Crippen molar-refractivity contribution in [1.29, 1.82) is 0 Å². The lowest BCUT2D eigenvalue weighted by Gasteiger charge is -2.09. The number of carbonyl (C=O) groups is 2. The highest BCUT2D eigenvalue weighted by molar-refractivity contribution is 5.87. The second-order valence-electron chi connectivity index (χ2n) is 5.14. The Morgan fingerprint density at radius 1 is 1.29 bits per heavy atom. The maximum Gasteiger partial charge on any atom is 0.416 e. The van der Waals surface area contributed by atoms with Crippen LogP contribution in [-0.2, 0) is 15.8 Å². The molecule has 0 bridgehead atoms. The SMILES string of the molecule is C[C@H](NC(=O)[C@@H]1C[C@@H]1c1ccc(C(F)(F)F)cc1)C(=O)O. The Bertz CT molecular complexity index is 554. The van der Waals surface area contributed by atoms with Crippen molar-refractivity contribution in [2.75, 3.05) is 0 Å². The fourth-order valence-corrected chi connectivity index (χ4v) is 2.15. The fraction of sp³-hybridized carbons (Fsp3) is 0.429. The van der Waals surface area contributed by atoms with Gasteiger partial charge in [0.1, 0.15) is 6.04 Å². The van der Waals surface area contributed by atoms with Gasteiger partial charge < -0.3 is 10.4 Å². The van der Waals surface area contributed by atoms with Crippen LogP contribution in [0.4, 0.5) is 13.2 Å². The monoisotopic (exact) mass is 301 g/mol. The minimum Gasteiger partial charge on any atom is -0.480 e. The van der Waals surface area contributed by atoms with Gasteiger partial charge in [-0.05, 0) is 37.0 Å². The van der Waals surface area contributed by atoms with E-state index in [-0.39, 0.29) is 17.7 Å². The zero-order chi connectivity index (χ0) is 15.8. The summed E-state index contributed by atoms with van der Waals surface area (Å²) in [6.45, 7) is 1.36. The smallest absolute Gasteiger partial charge is 0.416 e. The summed E-state index contributed by atoms with van der Waals surface area (Å²) in [5.74, 6) is -2.03. The van der Waals surface area contributed by atoms with E-state index in [2.05, 4.69) is 5.32 Å². The molecule has 1 aliphatic rings. The highest BCUT2D eigenvalue weighted by Gasteiger charge is 2.44. The van der Waals surface area contributed by atoms with Crippen LogP contribution in [0.1, 0.15) is 30.4 Å². The zero-order valence-electron chi connectivity index (χ0n) is 11.1. The standard InChI is InChI=1S/C14H14F3NO3/c1-7(13(20)21)18-12(19)11-6-10(11)8-2-4-9(5-3-8)14(15,16)17/h2-5,7,10-11H,6H2,1H3,(H,18,19)(H,20,21)/t7-,10+,11+/m0/s1. The van der Waals surface area contributed by atoms with E-state index in [1.165, 1.54) is 19.1 Å². The van der Waals surface area contributed by atoms with Crippen LogP contribution in [0.2, 0.25) is 0 Å². The molecule has 7 heteroatoms. The molecule has 2 rings (SSSR count). The summed E-state index contributed by atoms with van der Waals surface area (Å²) >= 11 is 0. The molecule has 0 spiro atoms. The third kappa shape index (κ3) is 3.53. The number of benzene rings is 1. The molecule has 0 aromatic heterocycles. The Labute approximate surface area is 119 Å². The quantitative estimate of drug-likeness (QED) is 0.897. The van der Waals surface area contributed by atoms with Gasteiger partial charge in [-0.2, -0.15) is 13.2 Å². The van der Waals surface area contributed by atoms with Crippen LogP contribution < -0.4 is 5.32 Å². The number of hydrogen-bond donors (Lipinski definition) is 2. The van der Waals surface area contributed by atoms with Gasteiger partial charge >= 0.3 is 12.1 Å². The Kier molecular flexibility index (Phi) is 3.93. The van der Waals surface area contributed by atoms with Crippen LogP contribution in [0, 0.1) is 5.92 Å². The third-order valence-electron chi connectivity index (χ3n) is 3.52. The van der Waals surface area contributed by atoms with E-state index >= 15 is 0 Å². The van der Waals surface area contributed by atoms with Gasteiger partial charge in [-0.3, -0.25) is 9.59 Å². The molecule has 0 heterocycles. The van der Waals surface area contributed by atoms with Gasteiger partial charge in [0.2, 0.25) is 5.91 Å². The highest BCUT2D eigenvalue weighted by atomic mass is 19.4. The molecule has 0 saturated heterocycles. The Morgan fingerprint density at radius 3 is 2.33 bits per heavy atom. The van der Waals surface area contributed by atoms with Gasteiger partial charge in [0, 0.05) is 5.92 Å². The van der Waals surface area contributed by atoms with Crippen molar-refractivity contribution < 1.29 is 27.9 Å². The van der Waals surface area contributed by atoms with Crippen molar-refractivity contribution >= 4 is 11.9 Å². The van der Waals surface area contributed by atoms with Crippen LogP contribution >= 0.6 is 0 Å². The molecule has 3 atom stereocenters. The molecule has 1 aromatic rings. The maximum atomic E-state index is 12.4. The van der Waals surface area contributed by atoms with Gasteiger partial charge in [0.05, 0.1) is 5.56 Å². The number of carboxylic acids is 1. The van der Waals surface area contributed by atoms with Crippen LogP contribution in [0.25, 0.3) is 0 Å². The highest BCUT2D eigenvalue weighted by Crippen LogP contribution is 2.48. The van der Waals surface area contributed by atoms with Crippen molar-refractivity contribution in [1.82, 2.24) is 5.32 Å². The van der Waals surface area contributed by atoms with Gasteiger partial charge in [-0.15, -0.1) is 0 Å². The molecule has 0 aliphatic heterocycles. The second-order valence-corrected chi connectivity index (χ2v) is 5.14. The van der Waals surface area contributed by atoms with Gasteiger partial charge in [0.25, 0.3) is 0 Å². The summed E-state index contributed by atoms with van der Waals surface area (Å²) < 4.78 is 37.3. The summed E-state index contributed by atoms with van der Waals surface area (Å²) in [4.78, 5) is 22.4. The minimum atomic E-state index is -4.38. The lowest BCUT2D eigenvalue weighted by Crippen LogP contribution is -2.39. The van der Waals surface area contributed by atoms with Crippen LogP contribution in [0.5, 0.6) is 0 Å². The average Bonchev–Trinajstić information content (AvgIpc) is 3.18. The molecular weight excluding hydrogens is 287 g/mol. The molecule has 0 unspecified atom stereocenters. The molecule has 0 radical (unpaired) electrons. The first-order valence-corrected chi connectivity index (χ1v) is 6.40. The summed E-state index contributed by atoms with van der Waals surface area (Å²) in [5, 5.41) is 11.1. The lowest BCUT2D eigenvalue weighted by molar-refractivity contribution is -0.141. The zero-order valence-corrected chi connectivity index (χ0v) is 11.1. The molecule has 1 aromatic carbocycles. The number of carbonyl (C=O) groups excluding carboxylic acids is 1. The van der Waals surface area contributed by atoms with Crippen molar-refractivity contribution in [2.45, 2.75) is 31.5 Å². The van der Waals surface area contributed by atoms with E-state index in [0.717, 1.165) is 12.1 Å². The number of hydrogen-bond acceptors (Lipinski definition) is 2. The molecule has 1 amide bonds. The van der Waals surface area contributed by atoms with Crippen molar-refractivity contribution in [3.05, 3.63) is 35.4 Å². The minimum absolute atomic E-state index is 0.145. The first kappa shape index (κ1) is 15.3. The summed E-state index contributed by atoms with van der Waals surface area (Å²) in [6.07, 6.45) is -3.86. The number of halogens is 3. The molecule has 21 heavy (non-hydrogen) atoms. The van der Waals surface area contributed by atoms with Gasteiger partial charge in [0.15, 0.2) is 0 Å². The largest absolute Gasteiger partial charge is 0.480 e. The molecular formula is C14H14F3NO3. The van der Waals surface area contributed by atoms with Crippen molar-refractivity contribution in [3.8, 4) is 0 Å². The molecule has 1 aliphatic carbocycles. The van der Waals surface area contributed by atoms with Crippen LogP contribution in [0.15, 0.2) is 24.3 Å². The number of nitrogens with one attached hydrogen (secondary N) is 1. The van der Waals surface area contributed by atoms with Crippen LogP contribution in [-0.4, -0.2) is 23.0 Å². The van der Waals surface area contributed by atoms with Crippen LogP contribution in [0.3, 0.4) is 0 Å². The van der Waals surface area contributed by atoms with Gasteiger partial charge in [-0.25, -0.2) is 0 Å². The summed E-state index contributed by atoms with van der Waals surface area (Å²) in [6, 6.07) is 3.72. The number of alkyl halides is 3. The first-order chi connectivity index (χ1) is 9.70. The molecule has 1 fully saturated rings. The Morgan fingerprint density at radius 2 is 1.86 bits per heavy atom. The number of aliphatic carboxylic acids is 1. The molecule has 114 valence electrons. The summed E-state index contributed by atoms with van der Waals surface area (Å²) in [5.41, 5.74) is -0.0708. The van der Waals surface area contributed by atoms with E-state index in [9.17, 15) is 22.8 Å². The summed E-state index contributed by atoms with van der Waals surface area (Å²) in [7, 11) is 0. The van der Waals surface area contributed by atoms with E-state index < -0.39 is 23.8 Å². The normalized spacial score (nSPS) is 22.5. The van der Waals surface area contributed by atoms with Crippen molar-refractivity contribution in [2.24, 2.45) is 5.92 Å². The maximum absolute atomic E-state index is 12.4. The Hall–Kier alpha value is -2.05. The van der Waals surface area contributed by atoms with E-state index in [1.54, 1.807) is 0 Å². The number of amides is 1. The molecule has 4 nitrogen and oxygen atoms in total. The van der Waals surface area contributed by atoms with Gasteiger partial charge in [-0.1, -0.05) is 12.1 Å². The second kappa shape index (κ2) is 5.38. The van der Waals surface area contributed by atoms with E-state index in [0.29, 0.717) is 12.0 Å². The van der Waals surface area contributed by atoms with Crippen molar-refractivity contribution in [3.63, 3.8) is 0 Å². The fourth-order valence-electron chi connectivity index (χ4n) is 2.15. The molecule has 1 saturated carbocycles. The topological polar surface area (TPSA) is 66.4 Å². The lowest BCUT2D eigenvalue weighted by atomic mass is 10.1. The predicted molar refractivity (Wildman–Crippen MR) is 67.5 cm³/mol. The Balaban J connectivity index is 1.97. The average molecular weight is 301 g/mol. The van der Waals surface area contributed by atoms with E-state index in [4.69, 9.17) is 5.11 Å². The predicted octanol–water partition coefficient (Wildman–Crippen LogP) is 2.40. The third-order valence-corrected chi connectivity index (χ3v) is 3.52.